The lowest BCUT2D eigenvalue weighted by atomic mass is 10.4. The van der Waals surface area contributed by atoms with Gasteiger partial charge in [-0.2, -0.15) is 0 Å². The van der Waals surface area contributed by atoms with Gasteiger partial charge in [0.25, 0.3) is 0 Å². The van der Waals surface area contributed by atoms with Crippen molar-refractivity contribution in [1.29, 1.82) is 0 Å². The van der Waals surface area contributed by atoms with Gasteiger partial charge in [0.2, 0.25) is 0 Å². The van der Waals surface area contributed by atoms with Crippen LogP contribution in [0.2, 0.25) is 0 Å². The predicted molar refractivity (Wildman–Crippen MR) is 49.9 cm³/mol. The van der Waals surface area contributed by atoms with Gasteiger partial charge in [-0.25, -0.2) is 0 Å². The van der Waals surface area contributed by atoms with Gasteiger partial charge in [0.15, 0.2) is 6.29 Å². The van der Waals surface area contributed by atoms with Gasteiger partial charge in [-0.15, -0.1) is 0 Å². The van der Waals surface area contributed by atoms with Crippen molar-refractivity contribution in [3.8, 4) is 0 Å². The first-order valence-electron chi connectivity index (χ1n) is 4.22. The summed E-state index contributed by atoms with van der Waals surface area (Å²) in [5, 5.41) is 0. The van der Waals surface area contributed by atoms with Gasteiger partial charge < -0.3 is 14.4 Å². The highest BCUT2D eigenvalue weighted by Gasteiger charge is 2.13. The van der Waals surface area contributed by atoms with Crippen molar-refractivity contribution in [3.05, 3.63) is 12.3 Å². The summed E-state index contributed by atoms with van der Waals surface area (Å²) in [6, 6.07) is 0. The average molecular weight is 173 g/mol. The molecule has 3 heteroatoms. The molecule has 0 aliphatic heterocycles. The Morgan fingerprint density at radius 1 is 1.25 bits per heavy atom. The highest BCUT2D eigenvalue weighted by Crippen LogP contribution is 2.08. The van der Waals surface area contributed by atoms with Gasteiger partial charge in [-0.05, 0) is 13.8 Å². The number of hydrogen-bond donors (Lipinski definition) is 0. The summed E-state index contributed by atoms with van der Waals surface area (Å²) in [7, 11) is 3.85. The molecule has 0 unspecified atom stereocenters. The molecule has 0 saturated carbocycles. The van der Waals surface area contributed by atoms with Crippen molar-refractivity contribution in [2.24, 2.45) is 0 Å². The van der Waals surface area contributed by atoms with Crippen LogP contribution in [0, 0.1) is 0 Å². The Kier molecular flexibility index (Phi) is 5.76. The molecule has 0 aromatic rings. The SMILES string of the molecule is C=C(C(OCC)OCC)N(C)C. The maximum Gasteiger partial charge on any atom is 0.198 e. The molecular formula is C9H19NO2. The third-order valence-corrected chi connectivity index (χ3v) is 1.48. The molecule has 12 heavy (non-hydrogen) atoms. The van der Waals surface area contributed by atoms with E-state index in [1.165, 1.54) is 0 Å². The Balaban J connectivity index is 3.99. The van der Waals surface area contributed by atoms with Crippen LogP contribution >= 0.6 is 0 Å². The Morgan fingerprint density at radius 2 is 1.67 bits per heavy atom. The highest BCUT2D eigenvalue weighted by molar-refractivity contribution is 4.95. The van der Waals surface area contributed by atoms with Crippen molar-refractivity contribution in [2.45, 2.75) is 20.1 Å². The minimum absolute atomic E-state index is 0.296. The van der Waals surface area contributed by atoms with Crippen LogP contribution in [-0.4, -0.2) is 38.5 Å². The standard InChI is InChI=1S/C9H19NO2/c1-6-11-9(12-7-2)8(3)10(4)5/h9H,3,6-7H2,1-2,4-5H3. The zero-order valence-electron chi connectivity index (χ0n) is 8.46. The van der Waals surface area contributed by atoms with Gasteiger partial charge in [0.05, 0.1) is 5.70 Å². The molecule has 0 saturated heterocycles. The van der Waals surface area contributed by atoms with E-state index in [1.54, 1.807) is 0 Å². The van der Waals surface area contributed by atoms with Crippen LogP contribution < -0.4 is 0 Å². The number of nitrogens with zero attached hydrogens (tertiary/aromatic N) is 1. The number of hydrogen-bond acceptors (Lipinski definition) is 3. The van der Waals surface area contributed by atoms with Crippen LogP contribution in [0.3, 0.4) is 0 Å². The molecule has 0 rings (SSSR count). The van der Waals surface area contributed by atoms with E-state index in [0.29, 0.717) is 13.2 Å². The molecule has 0 amide bonds. The van der Waals surface area contributed by atoms with Crippen molar-refractivity contribution in [2.75, 3.05) is 27.3 Å². The fraction of sp³-hybridized carbons (Fsp3) is 0.778. The fourth-order valence-electron chi connectivity index (χ4n) is 0.754. The van der Waals surface area contributed by atoms with Crippen LogP contribution in [0.15, 0.2) is 12.3 Å². The zero-order chi connectivity index (χ0) is 9.56. The van der Waals surface area contributed by atoms with E-state index in [0.717, 1.165) is 5.70 Å². The highest BCUT2D eigenvalue weighted by atomic mass is 16.7. The first-order chi connectivity index (χ1) is 5.63. The summed E-state index contributed by atoms with van der Waals surface area (Å²) in [6.07, 6.45) is -0.296. The molecule has 0 fully saturated rings. The first-order valence-corrected chi connectivity index (χ1v) is 4.22. The zero-order valence-corrected chi connectivity index (χ0v) is 8.46. The van der Waals surface area contributed by atoms with E-state index in [2.05, 4.69) is 6.58 Å². The molecule has 0 aliphatic rings. The summed E-state index contributed by atoms with van der Waals surface area (Å²) < 4.78 is 10.7. The van der Waals surface area contributed by atoms with Gasteiger partial charge in [0, 0.05) is 27.3 Å². The van der Waals surface area contributed by atoms with E-state index in [9.17, 15) is 0 Å². The molecule has 72 valence electrons. The Hall–Kier alpha value is -0.540. The van der Waals surface area contributed by atoms with Gasteiger partial charge in [-0.1, -0.05) is 6.58 Å². The molecule has 0 aromatic heterocycles. The maximum absolute atomic E-state index is 5.34. The fourth-order valence-corrected chi connectivity index (χ4v) is 0.754. The topological polar surface area (TPSA) is 21.7 Å². The molecule has 0 radical (unpaired) electrons. The lowest BCUT2D eigenvalue weighted by molar-refractivity contribution is -0.120. The van der Waals surface area contributed by atoms with Gasteiger partial charge in [-0.3, -0.25) is 0 Å². The van der Waals surface area contributed by atoms with Crippen molar-refractivity contribution in [3.63, 3.8) is 0 Å². The monoisotopic (exact) mass is 173 g/mol. The first kappa shape index (κ1) is 11.5. The number of rotatable bonds is 6. The van der Waals surface area contributed by atoms with E-state index >= 15 is 0 Å². The largest absolute Gasteiger partial charge is 0.377 e. The second-order valence-corrected chi connectivity index (χ2v) is 2.63. The second kappa shape index (κ2) is 6.03. The Labute approximate surface area is 75.0 Å². The van der Waals surface area contributed by atoms with E-state index in [4.69, 9.17) is 9.47 Å². The van der Waals surface area contributed by atoms with Crippen molar-refractivity contribution < 1.29 is 9.47 Å². The molecule has 0 atom stereocenters. The van der Waals surface area contributed by atoms with E-state index in [-0.39, 0.29) is 6.29 Å². The van der Waals surface area contributed by atoms with Crippen LogP contribution in [-0.2, 0) is 9.47 Å². The molecule has 0 N–H and O–H groups in total. The van der Waals surface area contributed by atoms with Crippen LogP contribution in [0.4, 0.5) is 0 Å². The molecule has 0 spiro atoms. The Morgan fingerprint density at radius 3 is 1.92 bits per heavy atom. The predicted octanol–water partition coefficient (Wildman–Crippen LogP) is 1.46. The van der Waals surface area contributed by atoms with Crippen molar-refractivity contribution >= 4 is 0 Å². The lowest BCUT2D eigenvalue weighted by Gasteiger charge is -2.24. The minimum atomic E-state index is -0.296. The van der Waals surface area contributed by atoms with Crippen LogP contribution in [0.1, 0.15) is 13.8 Å². The quantitative estimate of drug-likeness (QED) is 0.568. The lowest BCUT2D eigenvalue weighted by Crippen LogP contribution is -2.27. The molecule has 0 aromatic carbocycles. The number of ether oxygens (including phenoxy) is 2. The van der Waals surface area contributed by atoms with Gasteiger partial charge >= 0.3 is 0 Å². The third-order valence-electron chi connectivity index (χ3n) is 1.48. The van der Waals surface area contributed by atoms with Gasteiger partial charge in [0.1, 0.15) is 0 Å². The van der Waals surface area contributed by atoms with E-state index < -0.39 is 0 Å². The summed E-state index contributed by atoms with van der Waals surface area (Å²) in [5.41, 5.74) is 0.846. The molecular weight excluding hydrogens is 154 g/mol. The average Bonchev–Trinajstić information content (AvgIpc) is 2.03. The minimum Gasteiger partial charge on any atom is -0.377 e. The molecule has 0 bridgehead atoms. The second-order valence-electron chi connectivity index (χ2n) is 2.63. The molecule has 0 heterocycles. The van der Waals surface area contributed by atoms with Crippen LogP contribution in [0.5, 0.6) is 0 Å². The third kappa shape index (κ3) is 3.74. The Bertz CT molecular complexity index is 128. The maximum atomic E-state index is 5.34. The van der Waals surface area contributed by atoms with E-state index in [1.807, 2.05) is 32.8 Å². The number of likely N-dealkylation sites (N-methyl/N-ethyl adjacent to an activating group) is 1. The summed E-state index contributed by atoms with van der Waals surface area (Å²) in [5.74, 6) is 0. The summed E-state index contributed by atoms with van der Waals surface area (Å²) in [4.78, 5) is 1.90. The smallest absolute Gasteiger partial charge is 0.198 e. The normalized spacial score (nSPS) is 10.4. The molecule has 3 nitrogen and oxygen atoms in total. The summed E-state index contributed by atoms with van der Waals surface area (Å²) >= 11 is 0. The summed E-state index contributed by atoms with van der Waals surface area (Å²) in [6.45, 7) is 9.02. The van der Waals surface area contributed by atoms with Crippen LogP contribution in [0.25, 0.3) is 0 Å². The van der Waals surface area contributed by atoms with Crippen molar-refractivity contribution in [1.82, 2.24) is 4.90 Å². The molecule has 0 aliphatic carbocycles.